The number of carbonyl (C=O) groups is 1. The average molecular weight is 294 g/mol. The summed E-state index contributed by atoms with van der Waals surface area (Å²) in [5, 5.41) is 3.88. The Labute approximate surface area is 123 Å². The highest BCUT2D eigenvalue weighted by molar-refractivity contribution is 7.11. The minimum absolute atomic E-state index is 0.0988. The molecule has 2 atom stereocenters. The maximum atomic E-state index is 12.3. The second-order valence-electron chi connectivity index (χ2n) is 6.23. The Kier molecular flexibility index (Phi) is 3.58. The smallest absolute Gasteiger partial charge is 0.258 e. The van der Waals surface area contributed by atoms with Crippen LogP contribution < -0.4 is 16.0 Å². The van der Waals surface area contributed by atoms with Gasteiger partial charge in [-0.15, -0.1) is 0 Å². The maximum absolute atomic E-state index is 12.3. The molecule has 1 aromatic heterocycles. The minimum atomic E-state index is -0.0988. The molecule has 1 amide bonds. The molecule has 1 saturated heterocycles. The number of nitrogens with zero attached hydrogens (tertiary/aromatic N) is 2. The monoisotopic (exact) mass is 294 g/mol. The van der Waals surface area contributed by atoms with Gasteiger partial charge >= 0.3 is 0 Å². The number of anilines is 2. The van der Waals surface area contributed by atoms with Crippen molar-refractivity contribution in [3.05, 3.63) is 5.56 Å². The van der Waals surface area contributed by atoms with Gasteiger partial charge in [0.25, 0.3) is 5.91 Å². The minimum Gasteiger partial charge on any atom is -0.382 e. The lowest BCUT2D eigenvalue weighted by molar-refractivity contribution is 0.0945. The van der Waals surface area contributed by atoms with Crippen LogP contribution >= 0.6 is 11.5 Å². The highest BCUT2D eigenvalue weighted by Gasteiger charge is 2.38. The molecule has 20 heavy (non-hydrogen) atoms. The lowest BCUT2D eigenvalue weighted by atomic mass is 10.0. The summed E-state index contributed by atoms with van der Waals surface area (Å²) in [5.41, 5.74) is 6.49. The van der Waals surface area contributed by atoms with Gasteiger partial charge in [0.15, 0.2) is 5.82 Å². The molecule has 2 fully saturated rings. The van der Waals surface area contributed by atoms with Crippen LogP contribution in [0, 0.1) is 11.8 Å². The van der Waals surface area contributed by atoms with Crippen molar-refractivity contribution in [1.29, 1.82) is 0 Å². The summed E-state index contributed by atoms with van der Waals surface area (Å²) >= 11 is 1.36. The van der Waals surface area contributed by atoms with E-state index in [1.165, 1.54) is 30.8 Å². The normalized spacial score (nSPS) is 25.2. The molecule has 0 aromatic carbocycles. The first kappa shape index (κ1) is 13.7. The topological polar surface area (TPSA) is 71.2 Å². The van der Waals surface area contributed by atoms with E-state index in [4.69, 9.17) is 5.73 Å². The molecule has 1 aromatic rings. The van der Waals surface area contributed by atoms with Gasteiger partial charge in [0.2, 0.25) is 0 Å². The van der Waals surface area contributed by atoms with Crippen molar-refractivity contribution in [2.75, 3.05) is 23.7 Å². The Balaban J connectivity index is 1.82. The van der Waals surface area contributed by atoms with Crippen LogP contribution in [-0.2, 0) is 0 Å². The van der Waals surface area contributed by atoms with E-state index < -0.39 is 0 Å². The van der Waals surface area contributed by atoms with Crippen LogP contribution in [0.3, 0.4) is 0 Å². The molecule has 2 heterocycles. The van der Waals surface area contributed by atoms with Gasteiger partial charge in [-0.05, 0) is 50.1 Å². The van der Waals surface area contributed by atoms with Gasteiger partial charge in [-0.2, -0.15) is 4.37 Å². The van der Waals surface area contributed by atoms with Crippen molar-refractivity contribution < 1.29 is 4.79 Å². The number of nitrogen functional groups attached to an aromatic ring is 1. The first-order chi connectivity index (χ1) is 9.56. The summed E-state index contributed by atoms with van der Waals surface area (Å²) in [4.78, 5) is 14.6. The van der Waals surface area contributed by atoms with Crippen LogP contribution in [0.1, 0.15) is 43.5 Å². The van der Waals surface area contributed by atoms with Crippen molar-refractivity contribution in [3.63, 3.8) is 0 Å². The molecule has 0 bridgehead atoms. The number of hydrogen-bond donors (Lipinski definition) is 2. The number of hydrogen-bond acceptors (Lipinski definition) is 5. The molecule has 0 spiro atoms. The summed E-state index contributed by atoms with van der Waals surface area (Å²) in [7, 11) is 0. The van der Waals surface area contributed by atoms with E-state index in [0.717, 1.165) is 29.9 Å². The van der Waals surface area contributed by atoms with E-state index in [9.17, 15) is 4.79 Å². The average Bonchev–Trinajstić information content (AvgIpc) is 2.99. The zero-order chi connectivity index (χ0) is 14.3. The zero-order valence-corrected chi connectivity index (χ0v) is 12.9. The number of nitrogens with two attached hydrogens (primary N) is 1. The fourth-order valence-corrected chi connectivity index (χ4v) is 4.29. The lowest BCUT2D eigenvalue weighted by Gasteiger charge is -2.19. The molecular weight excluding hydrogens is 272 g/mol. The maximum Gasteiger partial charge on any atom is 0.258 e. The van der Waals surface area contributed by atoms with Crippen molar-refractivity contribution in [2.24, 2.45) is 11.8 Å². The molecule has 2 aliphatic rings. The third kappa shape index (κ3) is 2.37. The first-order valence-corrected chi connectivity index (χ1v) is 8.14. The molecule has 1 aliphatic carbocycles. The third-order valence-corrected chi connectivity index (χ3v) is 5.28. The predicted molar refractivity (Wildman–Crippen MR) is 82.2 cm³/mol. The van der Waals surface area contributed by atoms with Gasteiger partial charge in [-0.3, -0.25) is 4.79 Å². The second kappa shape index (κ2) is 5.24. The molecule has 5 nitrogen and oxygen atoms in total. The van der Waals surface area contributed by atoms with Crippen LogP contribution in [0.2, 0.25) is 0 Å². The number of rotatable bonds is 3. The summed E-state index contributed by atoms with van der Waals surface area (Å²) in [6.07, 6.45) is 4.00. The Morgan fingerprint density at radius 3 is 2.65 bits per heavy atom. The van der Waals surface area contributed by atoms with Crippen LogP contribution in [0.5, 0.6) is 0 Å². The van der Waals surface area contributed by atoms with Gasteiger partial charge in [0.05, 0.1) is 0 Å². The quantitative estimate of drug-likeness (QED) is 0.895. The van der Waals surface area contributed by atoms with E-state index in [1.54, 1.807) is 0 Å². The predicted octanol–water partition coefficient (Wildman–Crippen LogP) is 2.10. The number of fused-ring (bicyclic) bond motifs is 1. The fraction of sp³-hybridized carbons (Fsp3) is 0.714. The van der Waals surface area contributed by atoms with Gasteiger partial charge in [0, 0.05) is 19.1 Å². The molecule has 1 saturated carbocycles. The Morgan fingerprint density at radius 1 is 1.40 bits per heavy atom. The SMILES string of the molecule is CC(C)NC(=O)c1c(N)nsc1N1CC2CCCC2C1. The molecule has 2 unspecified atom stereocenters. The summed E-state index contributed by atoms with van der Waals surface area (Å²) < 4.78 is 4.20. The molecule has 3 rings (SSSR count). The Morgan fingerprint density at radius 2 is 2.05 bits per heavy atom. The number of carbonyl (C=O) groups excluding carboxylic acids is 1. The summed E-state index contributed by atoms with van der Waals surface area (Å²) in [5.74, 6) is 1.84. The highest BCUT2D eigenvalue weighted by atomic mass is 32.1. The van der Waals surface area contributed by atoms with Gasteiger partial charge in [0.1, 0.15) is 10.6 Å². The Bertz CT molecular complexity index is 501. The fourth-order valence-electron chi connectivity index (χ4n) is 3.46. The highest BCUT2D eigenvalue weighted by Crippen LogP contribution is 2.42. The van der Waals surface area contributed by atoms with Crippen LogP contribution in [0.15, 0.2) is 0 Å². The van der Waals surface area contributed by atoms with Crippen LogP contribution in [0.4, 0.5) is 10.8 Å². The van der Waals surface area contributed by atoms with Gasteiger partial charge in [-0.1, -0.05) is 6.42 Å². The van der Waals surface area contributed by atoms with E-state index in [0.29, 0.717) is 11.4 Å². The summed E-state index contributed by atoms with van der Waals surface area (Å²) in [6.45, 7) is 6.00. The van der Waals surface area contributed by atoms with Crippen molar-refractivity contribution in [2.45, 2.75) is 39.2 Å². The Hall–Kier alpha value is -1.30. The number of aromatic nitrogens is 1. The van der Waals surface area contributed by atoms with Crippen LogP contribution in [-0.4, -0.2) is 29.4 Å². The van der Waals surface area contributed by atoms with E-state index >= 15 is 0 Å². The molecule has 110 valence electrons. The van der Waals surface area contributed by atoms with Crippen LogP contribution in [0.25, 0.3) is 0 Å². The summed E-state index contributed by atoms with van der Waals surface area (Å²) in [6, 6.07) is 0.104. The van der Waals surface area contributed by atoms with E-state index in [-0.39, 0.29) is 11.9 Å². The van der Waals surface area contributed by atoms with E-state index in [2.05, 4.69) is 14.6 Å². The lowest BCUT2D eigenvalue weighted by Crippen LogP contribution is -2.32. The first-order valence-electron chi connectivity index (χ1n) is 7.37. The standard InChI is InChI=1S/C14H22N4OS/c1-8(2)16-13(19)11-12(15)17-20-14(11)18-6-9-4-3-5-10(9)7-18/h8-10H,3-7H2,1-2H3,(H2,15,17)(H,16,19). The largest absolute Gasteiger partial charge is 0.382 e. The molecule has 6 heteroatoms. The molecule has 1 aliphatic heterocycles. The number of amides is 1. The number of nitrogens with one attached hydrogen (secondary N) is 1. The van der Waals surface area contributed by atoms with Crippen molar-refractivity contribution in [3.8, 4) is 0 Å². The third-order valence-electron chi connectivity index (χ3n) is 4.36. The van der Waals surface area contributed by atoms with E-state index in [1.807, 2.05) is 13.8 Å². The second-order valence-corrected chi connectivity index (χ2v) is 6.98. The van der Waals surface area contributed by atoms with Crippen molar-refractivity contribution in [1.82, 2.24) is 9.69 Å². The molecule has 3 N–H and O–H groups in total. The molecular formula is C14H22N4OS. The van der Waals surface area contributed by atoms with Gasteiger partial charge < -0.3 is 16.0 Å². The van der Waals surface area contributed by atoms with Gasteiger partial charge in [-0.25, -0.2) is 0 Å². The molecule has 0 radical (unpaired) electrons. The van der Waals surface area contributed by atoms with Crippen molar-refractivity contribution >= 4 is 28.3 Å². The zero-order valence-electron chi connectivity index (χ0n) is 12.1.